The topological polar surface area (TPSA) is 48.4 Å². The number of ether oxygens (including phenoxy) is 2. The maximum absolute atomic E-state index is 11.3. The molecular weight excluding hydrogens is 254 g/mol. The van der Waals surface area contributed by atoms with Gasteiger partial charge >= 0.3 is 0 Å². The molecule has 0 N–H and O–H groups in total. The van der Waals surface area contributed by atoms with Crippen molar-refractivity contribution in [3.8, 4) is 11.5 Å². The Labute approximate surface area is 118 Å². The number of hydrogen-bond acceptors (Lipinski definition) is 4. The average molecular weight is 271 g/mol. The molecule has 0 aliphatic rings. The third-order valence-electron chi connectivity index (χ3n) is 2.94. The highest BCUT2D eigenvalue weighted by Crippen LogP contribution is 2.28. The van der Waals surface area contributed by atoms with Crippen LogP contribution in [0.5, 0.6) is 11.5 Å². The number of carbonyl (C=O) groups excluding carboxylic acids is 1. The lowest BCUT2D eigenvalue weighted by Gasteiger charge is -2.11. The van der Waals surface area contributed by atoms with E-state index >= 15 is 0 Å². The average Bonchev–Trinajstić information content (AvgIpc) is 2.48. The minimum Gasteiger partial charge on any atom is -0.493 e. The lowest BCUT2D eigenvalue weighted by molar-refractivity contribution is 0.101. The third-order valence-corrected chi connectivity index (χ3v) is 2.94. The summed E-state index contributed by atoms with van der Waals surface area (Å²) in [6, 6.07) is 9.11. The SMILES string of the molecule is COc1cc(C(C)=O)ccc1OCCc1cccnc1. The molecule has 0 spiro atoms. The number of rotatable bonds is 6. The van der Waals surface area contributed by atoms with Gasteiger partial charge in [0.05, 0.1) is 13.7 Å². The van der Waals surface area contributed by atoms with Gasteiger partial charge in [0.2, 0.25) is 0 Å². The van der Waals surface area contributed by atoms with E-state index in [4.69, 9.17) is 9.47 Å². The van der Waals surface area contributed by atoms with Crippen molar-refractivity contribution in [3.63, 3.8) is 0 Å². The second-order valence-corrected chi connectivity index (χ2v) is 4.38. The van der Waals surface area contributed by atoms with Gasteiger partial charge in [-0.05, 0) is 36.8 Å². The van der Waals surface area contributed by atoms with Gasteiger partial charge < -0.3 is 9.47 Å². The molecule has 2 rings (SSSR count). The lowest BCUT2D eigenvalue weighted by Crippen LogP contribution is -2.03. The molecule has 0 amide bonds. The van der Waals surface area contributed by atoms with Crippen LogP contribution in [0.4, 0.5) is 0 Å². The van der Waals surface area contributed by atoms with Crippen molar-refractivity contribution in [2.75, 3.05) is 13.7 Å². The first-order valence-electron chi connectivity index (χ1n) is 6.41. The van der Waals surface area contributed by atoms with Crippen molar-refractivity contribution < 1.29 is 14.3 Å². The zero-order valence-corrected chi connectivity index (χ0v) is 11.6. The zero-order chi connectivity index (χ0) is 14.4. The summed E-state index contributed by atoms with van der Waals surface area (Å²) in [5, 5.41) is 0. The second kappa shape index (κ2) is 6.70. The summed E-state index contributed by atoms with van der Waals surface area (Å²) in [6.07, 6.45) is 4.33. The smallest absolute Gasteiger partial charge is 0.161 e. The van der Waals surface area contributed by atoms with Crippen molar-refractivity contribution in [1.82, 2.24) is 4.98 Å². The Kier molecular flexibility index (Phi) is 4.71. The maximum atomic E-state index is 11.3. The Morgan fingerprint density at radius 3 is 2.75 bits per heavy atom. The number of hydrogen-bond donors (Lipinski definition) is 0. The summed E-state index contributed by atoms with van der Waals surface area (Å²) in [4.78, 5) is 15.4. The summed E-state index contributed by atoms with van der Waals surface area (Å²) in [5.74, 6) is 1.22. The molecule has 4 nitrogen and oxygen atoms in total. The summed E-state index contributed by atoms with van der Waals surface area (Å²) < 4.78 is 11.0. The Hall–Kier alpha value is -2.36. The zero-order valence-electron chi connectivity index (χ0n) is 11.6. The van der Waals surface area contributed by atoms with Crippen LogP contribution in [0.15, 0.2) is 42.7 Å². The fourth-order valence-corrected chi connectivity index (χ4v) is 1.83. The summed E-state index contributed by atoms with van der Waals surface area (Å²) >= 11 is 0. The van der Waals surface area contributed by atoms with Gasteiger partial charge in [0.25, 0.3) is 0 Å². The molecule has 0 unspecified atom stereocenters. The van der Waals surface area contributed by atoms with E-state index < -0.39 is 0 Å². The van der Waals surface area contributed by atoms with E-state index in [1.165, 1.54) is 6.92 Å². The molecule has 0 aliphatic heterocycles. The van der Waals surface area contributed by atoms with E-state index in [0.717, 1.165) is 12.0 Å². The van der Waals surface area contributed by atoms with Gasteiger partial charge in [-0.2, -0.15) is 0 Å². The van der Waals surface area contributed by atoms with Crippen LogP contribution in [-0.4, -0.2) is 24.5 Å². The van der Waals surface area contributed by atoms with Crippen LogP contribution in [0.2, 0.25) is 0 Å². The van der Waals surface area contributed by atoms with Crippen LogP contribution in [0.25, 0.3) is 0 Å². The van der Waals surface area contributed by atoms with Gasteiger partial charge in [-0.3, -0.25) is 9.78 Å². The number of ketones is 1. The molecule has 0 aliphatic carbocycles. The largest absolute Gasteiger partial charge is 0.493 e. The molecule has 0 atom stereocenters. The summed E-state index contributed by atoms with van der Waals surface area (Å²) in [5.41, 5.74) is 1.73. The standard InChI is InChI=1S/C16H17NO3/c1-12(18)14-5-6-15(16(10-14)19-2)20-9-7-13-4-3-8-17-11-13/h3-6,8,10-11H,7,9H2,1-2H3. The Balaban J connectivity index is 2.00. The summed E-state index contributed by atoms with van der Waals surface area (Å²) in [7, 11) is 1.56. The molecule has 1 aromatic heterocycles. The van der Waals surface area contributed by atoms with Gasteiger partial charge in [0.15, 0.2) is 17.3 Å². The second-order valence-electron chi connectivity index (χ2n) is 4.38. The van der Waals surface area contributed by atoms with Crippen LogP contribution in [0, 0.1) is 0 Å². The van der Waals surface area contributed by atoms with E-state index in [1.807, 2.05) is 18.3 Å². The van der Waals surface area contributed by atoms with Crippen molar-refractivity contribution in [3.05, 3.63) is 53.9 Å². The monoisotopic (exact) mass is 271 g/mol. The highest BCUT2D eigenvalue weighted by Gasteiger charge is 2.08. The number of methoxy groups -OCH3 is 1. The van der Waals surface area contributed by atoms with E-state index in [1.54, 1.807) is 31.5 Å². The minimum absolute atomic E-state index is 0.00482. The molecule has 2 aromatic rings. The van der Waals surface area contributed by atoms with Crippen LogP contribution in [0.1, 0.15) is 22.8 Å². The Morgan fingerprint density at radius 1 is 1.25 bits per heavy atom. The Morgan fingerprint density at radius 2 is 2.10 bits per heavy atom. The van der Waals surface area contributed by atoms with Crippen molar-refractivity contribution >= 4 is 5.78 Å². The first-order chi connectivity index (χ1) is 9.70. The Bertz CT molecular complexity index is 582. The van der Waals surface area contributed by atoms with Gasteiger partial charge in [-0.15, -0.1) is 0 Å². The van der Waals surface area contributed by atoms with Gasteiger partial charge in [0, 0.05) is 24.4 Å². The number of aromatic nitrogens is 1. The van der Waals surface area contributed by atoms with E-state index in [-0.39, 0.29) is 5.78 Å². The van der Waals surface area contributed by atoms with Gasteiger partial charge in [-0.1, -0.05) is 6.07 Å². The highest BCUT2D eigenvalue weighted by atomic mass is 16.5. The molecule has 0 fully saturated rings. The highest BCUT2D eigenvalue weighted by molar-refractivity contribution is 5.94. The fourth-order valence-electron chi connectivity index (χ4n) is 1.83. The maximum Gasteiger partial charge on any atom is 0.161 e. The van der Waals surface area contributed by atoms with Crippen molar-refractivity contribution in [2.45, 2.75) is 13.3 Å². The quantitative estimate of drug-likeness (QED) is 0.758. The minimum atomic E-state index is 0.00482. The number of benzene rings is 1. The van der Waals surface area contributed by atoms with E-state index in [9.17, 15) is 4.79 Å². The number of carbonyl (C=O) groups is 1. The van der Waals surface area contributed by atoms with Gasteiger partial charge in [0.1, 0.15) is 0 Å². The normalized spacial score (nSPS) is 10.1. The van der Waals surface area contributed by atoms with Crippen LogP contribution in [0.3, 0.4) is 0 Å². The predicted molar refractivity (Wildman–Crippen MR) is 76.4 cm³/mol. The fraction of sp³-hybridized carbons (Fsp3) is 0.250. The lowest BCUT2D eigenvalue weighted by atomic mass is 10.1. The van der Waals surface area contributed by atoms with Crippen LogP contribution < -0.4 is 9.47 Å². The molecule has 0 saturated heterocycles. The number of pyridine rings is 1. The third kappa shape index (κ3) is 3.57. The molecule has 1 heterocycles. The van der Waals surface area contributed by atoms with Crippen molar-refractivity contribution in [1.29, 1.82) is 0 Å². The number of Topliss-reactive ketones (excluding diaryl/α,β-unsaturated/α-hetero) is 1. The van der Waals surface area contributed by atoms with Crippen LogP contribution in [-0.2, 0) is 6.42 Å². The molecule has 0 saturated carbocycles. The molecule has 20 heavy (non-hydrogen) atoms. The molecule has 1 aromatic carbocycles. The number of nitrogens with zero attached hydrogens (tertiary/aromatic N) is 1. The first kappa shape index (κ1) is 14.1. The molecular formula is C16H17NO3. The van der Waals surface area contributed by atoms with Gasteiger partial charge in [-0.25, -0.2) is 0 Å². The van der Waals surface area contributed by atoms with E-state index in [0.29, 0.717) is 23.7 Å². The molecule has 4 heteroatoms. The van der Waals surface area contributed by atoms with Crippen molar-refractivity contribution in [2.24, 2.45) is 0 Å². The first-order valence-corrected chi connectivity index (χ1v) is 6.41. The molecule has 0 radical (unpaired) electrons. The molecule has 104 valence electrons. The summed E-state index contributed by atoms with van der Waals surface area (Å²) in [6.45, 7) is 2.05. The van der Waals surface area contributed by atoms with Crippen LogP contribution >= 0.6 is 0 Å². The molecule has 0 bridgehead atoms. The predicted octanol–water partition coefficient (Wildman–Crippen LogP) is 2.91. The van der Waals surface area contributed by atoms with E-state index in [2.05, 4.69) is 4.98 Å².